The number of hydrogen-bond donors (Lipinski definition) is 0. The number of halogens is 1. The molecule has 31 heavy (non-hydrogen) atoms. The topological polar surface area (TPSA) is 77.5 Å². The fraction of sp³-hybridized carbons (Fsp3) is 0.364. The molecule has 2 aromatic rings. The number of carbonyl (C=O) groups is 2. The molecule has 2 amide bonds. The molecule has 164 valence electrons. The standard InChI is InChI=1S/C22H23ClN2O6/c1-28-18-12-15(13-19-21(18)30-11-10-29-19)22(27)25-8-6-24(7-9-25)20(26)14-31-17-4-2-16(23)3-5-17/h2-5,12-13H,6-11,14H2,1H3. The van der Waals surface area contributed by atoms with Gasteiger partial charge < -0.3 is 28.7 Å². The number of nitrogens with zero attached hydrogens (tertiary/aromatic N) is 2. The molecule has 2 aromatic carbocycles. The third kappa shape index (κ3) is 4.80. The van der Waals surface area contributed by atoms with Crippen molar-refractivity contribution in [1.82, 2.24) is 9.80 Å². The highest BCUT2D eigenvalue weighted by Gasteiger charge is 2.27. The number of benzene rings is 2. The second kappa shape index (κ2) is 9.34. The van der Waals surface area contributed by atoms with Crippen LogP contribution < -0.4 is 18.9 Å². The van der Waals surface area contributed by atoms with Crippen LogP contribution in [-0.4, -0.2) is 74.7 Å². The van der Waals surface area contributed by atoms with Crippen LogP contribution in [0.25, 0.3) is 0 Å². The molecule has 0 radical (unpaired) electrons. The van der Waals surface area contributed by atoms with Gasteiger partial charge in [0, 0.05) is 36.8 Å². The van der Waals surface area contributed by atoms with Crippen molar-refractivity contribution in [2.45, 2.75) is 0 Å². The largest absolute Gasteiger partial charge is 0.493 e. The Hall–Kier alpha value is -3.13. The van der Waals surface area contributed by atoms with E-state index in [1.54, 1.807) is 46.2 Å². The Morgan fingerprint density at radius 3 is 2.39 bits per heavy atom. The maximum atomic E-state index is 13.0. The van der Waals surface area contributed by atoms with Crippen molar-refractivity contribution < 1.29 is 28.5 Å². The lowest BCUT2D eigenvalue weighted by Gasteiger charge is -2.35. The van der Waals surface area contributed by atoms with Crippen molar-refractivity contribution in [3.05, 3.63) is 47.0 Å². The van der Waals surface area contributed by atoms with Gasteiger partial charge in [-0.25, -0.2) is 0 Å². The predicted octanol–water partition coefficient (Wildman–Crippen LogP) is 2.48. The normalized spacial score (nSPS) is 15.4. The van der Waals surface area contributed by atoms with E-state index in [0.717, 1.165) is 0 Å². The Morgan fingerprint density at radius 2 is 1.68 bits per heavy atom. The second-order valence-corrected chi connectivity index (χ2v) is 7.55. The van der Waals surface area contributed by atoms with Gasteiger partial charge in [-0.3, -0.25) is 9.59 Å². The van der Waals surface area contributed by atoms with E-state index < -0.39 is 0 Å². The smallest absolute Gasteiger partial charge is 0.260 e. The molecule has 2 aliphatic heterocycles. The highest BCUT2D eigenvalue weighted by molar-refractivity contribution is 6.30. The lowest BCUT2D eigenvalue weighted by molar-refractivity contribution is -0.134. The third-order valence-corrected chi connectivity index (χ3v) is 5.42. The quantitative estimate of drug-likeness (QED) is 0.702. The molecule has 1 saturated heterocycles. The summed E-state index contributed by atoms with van der Waals surface area (Å²) < 4.78 is 22.1. The minimum atomic E-state index is -0.139. The van der Waals surface area contributed by atoms with Crippen LogP contribution in [0.1, 0.15) is 10.4 Å². The van der Waals surface area contributed by atoms with Gasteiger partial charge in [0.1, 0.15) is 19.0 Å². The fourth-order valence-corrected chi connectivity index (χ4v) is 3.63. The average molecular weight is 447 g/mol. The van der Waals surface area contributed by atoms with Gasteiger partial charge in [0.15, 0.2) is 18.1 Å². The van der Waals surface area contributed by atoms with Gasteiger partial charge in [0.25, 0.3) is 11.8 Å². The van der Waals surface area contributed by atoms with E-state index in [-0.39, 0.29) is 18.4 Å². The lowest BCUT2D eigenvalue weighted by Crippen LogP contribution is -2.51. The Kier molecular flexibility index (Phi) is 6.36. The van der Waals surface area contributed by atoms with Gasteiger partial charge in [-0.05, 0) is 36.4 Å². The lowest BCUT2D eigenvalue weighted by atomic mass is 10.1. The first kappa shape index (κ1) is 21.1. The summed E-state index contributed by atoms with van der Waals surface area (Å²) in [5.74, 6) is 1.80. The fourth-order valence-electron chi connectivity index (χ4n) is 3.51. The van der Waals surface area contributed by atoms with Crippen LogP contribution in [0.3, 0.4) is 0 Å². The Bertz CT molecular complexity index is 940. The highest BCUT2D eigenvalue weighted by atomic mass is 35.5. The molecule has 0 bridgehead atoms. The van der Waals surface area contributed by atoms with Crippen molar-refractivity contribution >= 4 is 23.4 Å². The number of methoxy groups -OCH3 is 1. The Balaban J connectivity index is 1.33. The van der Waals surface area contributed by atoms with Crippen molar-refractivity contribution in [2.75, 3.05) is 53.1 Å². The summed E-state index contributed by atoms with van der Waals surface area (Å²) in [5.41, 5.74) is 0.465. The van der Waals surface area contributed by atoms with E-state index in [1.165, 1.54) is 7.11 Å². The van der Waals surface area contributed by atoms with E-state index in [4.69, 9.17) is 30.5 Å². The van der Waals surface area contributed by atoms with Gasteiger partial charge in [0.05, 0.1) is 7.11 Å². The highest BCUT2D eigenvalue weighted by Crippen LogP contribution is 2.40. The zero-order valence-electron chi connectivity index (χ0n) is 17.1. The average Bonchev–Trinajstić information content (AvgIpc) is 2.82. The Morgan fingerprint density at radius 1 is 1.00 bits per heavy atom. The predicted molar refractivity (Wildman–Crippen MR) is 113 cm³/mol. The number of fused-ring (bicyclic) bond motifs is 1. The van der Waals surface area contributed by atoms with Gasteiger partial charge >= 0.3 is 0 Å². The van der Waals surface area contributed by atoms with Crippen molar-refractivity contribution in [2.24, 2.45) is 0 Å². The van der Waals surface area contributed by atoms with Gasteiger partial charge in [0.2, 0.25) is 5.75 Å². The summed E-state index contributed by atoms with van der Waals surface area (Å²) in [7, 11) is 1.53. The molecule has 2 aliphatic rings. The molecule has 0 aromatic heterocycles. The van der Waals surface area contributed by atoms with E-state index in [2.05, 4.69) is 0 Å². The molecule has 0 N–H and O–H groups in total. The van der Waals surface area contributed by atoms with Crippen LogP contribution in [-0.2, 0) is 4.79 Å². The minimum Gasteiger partial charge on any atom is -0.493 e. The van der Waals surface area contributed by atoms with Crippen LogP contribution in [0.2, 0.25) is 5.02 Å². The van der Waals surface area contributed by atoms with E-state index in [9.17, 15) is 9.59 Å². The van der Waals surface area contributed by atoms with Gasteiger partial charge in [-0.15, -0.1) is 0 Å². The number of piperazine rings is 1. The molecule has 0 unspecified atom stereocenters. The number of rotatable bonds is 5. The summed E-state index contributed by atoms with van der Waals surface area (Å²) in [4.78, 5) is 28.9. The third-order valence-electron chi connectivity index (χ3n) is 5.17. The zero-order valence-corrected chi connectivity index (χ0v) is 17.9. The maximum Gasteiger partial charge on any atom is 0.260 e. The van der Waals surface area contributed by atoms with Gasteiger partial charge in [-0.2, -0.15) is 0 Å². The molecule has 8 nitrogen and oxygen atoms in total. The first-order valence-electron chi connectivity index (χ1n) is 9.98. The van der Waals surface area contributed by atoms with Crippen LogP contribution >= 0.6 is 11.6 Å². The van der Waals surface area contributed by atoms with Crippen molar-refractivity contribution in [3.8, 4) is 23.0 Å². The molecular formula is C22H23ClN2O6. The monoisotopic (exact) mass is 446 g/mol. The number of hydrogen-bond acceptors (Lipinski definition) is 6. The van der Waals surface area contributed by atoms with Crippen LogP contribution in [0, 0.1) is 0 Å². The molecule has 2 heterocycles. The Labute approximate surface area is 185 Å². The summed E-state index contributed by atoms with van der Waals surface area (Å²) in [5, 5.41) is 0.607. The number of amides is 2. The van der Waals surface area contributed by atoms with Crippen molar-refractivity contribution in [1.29, 1.82) is 0 Å². The van der Waals surface area contributed by atoms with Gasteiger partial charge in [-0.1, -0.05) is 11.6 Å². The minimum absolute atomic E-state index is 0.0606. The van der Waals surface area contributed by atoms with Crippen LogP contribution in [0.15, 0.2) is 36.4 Å². The SMILES string of the molecule is COc1cc(C(=O)N2CCN(C(=O)COc3ccc(Cl)cc3)CC2)cc2c1OCCO2. The van der Waals surface area contributed by atoms with Crippen LogP contribution in [0.5, 0.6) is 23.0 Å². The van der Waals surface area contributed by atoms with E-state index in [0.29, 0.717) is 73.0 Å². The molecule has 0 atom stereocenters. The molecule has 0 spiro atoms. The molecular weight excluding hydrogens is 424 g/mol. The second-order valence-electron chi connectivity index (χ2n) is 7.12. The first-order chi connectivity index (χ1) is 15.0. The maximum absolute atomic E-state index is 13.0. The molecule has 9 heteroatoms. The summed E-state index contributed by atoms with van der Waals surface area (Å²) in [6, 6.07) is 10.2. The molecule has 0 aliphatic carbocycles. The van der Waals surface area contributed by atoms with Crippen molar-refractivity contribution in [3.63, 3.8) is 0 Å². The van der Waals surface area contributed by atoms with Crippen LogP contribution in [0.4, 0.5) is 0 Å². The summed E-state index contributed by atoms with van der Waals surface area (Å²) >= 11 is 5.85. The zero-order chi connectivity index (χ0) is 21.8. The summed E-state index contributed by atoms with van der Waals surface area (Å²) in [6.07, 6.45) is 0. The molecule has 0 saturated carbocycles. The molecule has 4 rings (SSSR count). The molecule has 1 fully saturated rings. The van der Waals surface area contributed by atoms with E-state index in [1.807, 2.05) is 0 Å². The number of carbonyl (C=O) groups excluding carboxylic acids is 2. The first-order valence-corrected chi connectivity index (χ1v) is 10.4. The number of ether oxygens (including phenoxy) is 4. The summed E-state index contributed by atoms with van der Waals surface area (Å²) in [6.45, 7) is 2.55. The van der Waals surface area contributed by atoms with E-state index >= 15 is 0 Å².